The van der Waals surface area contributed by atoms with Crippen LogP contribution in [-0.2, 0) is 4.79 Å². The second-order valence-corrected chi connectivity index (χ2v) is 4.57. The van der Waals surface area contributed by atoms with Crippen LogP contribution in [0.3, 0.4) is 0 Å². The monoisotopic (exact) mass is 279 g/mol. The van der Waals surface area contributed by atoms with Gasteiger partial charge in [-0.3, -0.25) is 4.79 Å². The molecule has 1 atom stereocenters. The SMILES string of the molecule is N#Cc1cc(Br)ccc1N1CCC(N)C1=O. The van der Waals surface area contributed by atoms with Gasteiger partial charge in [0, 0.05) is 11.0 Å². The summed E-state index contributed by atoms with van der Waals surface area (Å²) in [5.41, 5.74) is 6.77. The van der Waals surface area contributed by atoms with Gasteiger partial charge >= 0.3 is 0 Å². The van der Waals surface area contributed by atoms with Crippen molar-refractivity contribution in [1.82, 2.24) is 0 Å². The molecule has 1 amide bonds. The molecule has 2 N–H and O–H groups in total. The Morgan fingerprint density at radius 1 is 1.56 bits per heavy atom. The summed E-state index contributed by atoms with van der Waals surface area (Å²) in [4.78, 5) is 13.3. The lowest BCUT2D eigenvalue weighted by Crippen LogP contribution is -2.34. The first-order valence-corrected chi connectivity index (χ1v) is 5.69. The first-order chi connectivity index (χ1) is 7.63. The number of rotatable bonds is 1. The van der Waals surface area contributed by atoms with Crippen LogP contribution < -0.4 is 10.6 Å². The van der Waals surface area contributed by atoms with Crippen molar-refractivity contribution in [2.75, 3.05) is 11.4 Å². The Morgan fingerprint density at radius 3 is 2.88 bits per heavy atom. The van der Waals surface area contributed by atoms with Crippen LogP contribution >= 0.6 is 15.9 Å². The lowest BCUT2D eigenvalue weighted by Gasteiger charge is -2.17. The van der Waals surface area contributed by atoms with E-state index in [0.717, 1.165) is 4.47 Å². The predicted octanol–water partition coefficient (Wildman–Crippen LogP) is 1.38. The minimum Gasteiger partial charge on any atom is -0.320 e. The highest BCUT2D eigenvalue weighted by molar-refractivity contribution is 9.10. The van der Waals surface area contributed by atoms with Gasteiger partial charge in [-0.2, -0.15) is 5.26 Å². The Hall–Kier alpha value is -1.38. The molecule has 2 rings (SSSR count). The number of carbonyl (C=O) groups excluding carboxylic acids is 1. The standard InChI is InChI=1S/C11H10BrN3O/c12-8-1-2-10(7(5-8)6-13)15-4-3-9(14)11(15)16/h1-2,5,9H,3-4,14H2. The van der Waals surface area contributed by atoms with Crippen molar-refractivity contribution in [1.29, 1.82) is 5.26 Å². The van der Waals surface area contributed by atoms with Gasteiger partial charge in [0.25, 0.3) is 0 Å². The van der Waals surface area contributed by atoms with E-state index in [2.05, 4.69) is 22.0 Å². The zero-order valence-electron chi connectivity index (χ0n) is 8.48. The van der Waals surface area contributed by atoms with Crippen LogP contribution in [-0.4, -0.2) is 18.5 Å². The van der Waals surface area contributed by atoms with Gasteiger partial charge in [-0.05, 0) is 24.6 Å². The van der Waals surface area contributed by atoms with Crippen molar-refractivity contribution >= 4 is 27.5 Å². The number of anilines is 1. The first-order valence-electron chi connectivity index (χ1n) is 4.90. The van der Waals surface area contributed by atoms with Gasteiger partial charge in [0.15, 0.2) is 0 Å². The van der Waals surface area contributed by atoms with Crippen LogP contribution in [0.15, 0.2) is 22.7 Å². The van der Waals surface area contributed by atoms with Crippen molar-refractivity contribution in [3.05, 3.63) is 28.2 Å². The first kappa shape index (κ1) is 11.1. The van der Waals surface area contributed by atoms with Gasteiger partial charge in [-0.25, -0.2) is 0 Å². The van der Waals surface area contributed by atoms with Gasteiger partial charge in [0.1, 0.15) is 6.07 Å². The Balaban J connectivity index is 2.42. The average molecular weight is 280 g/mol. The van der Waals surface area contributed by atoms with Gasteiger partial charge in [0.2, 0.25) is 5.91 Å². The summed E-state index contributed by atoms with van der Waals surface area (Å²) >= 11 is 3.29. The molecule has 1 aromatic carbocycles. The van der Waals surface area contributed by atoms with E-state index in [1.54, 1.807) is 17.0 Å². The molecule has 0 aromatic heterocycles. The lowest BCUT2D eigenvalue weighted by molar-refractivity contribution is -0.118. The number of halogens is 1. The molecular weight excluding hydrogens is 270 g/mol. The van der Waals surface area contributed by atoms with E-state index < -0.39 is 6.04 Å². The van der Waals surface area contributed by atoms with Crippen LogP contribution in [0.5, 0.6) is 0 Å². The molecule has 0 aliphatic carbocycles. The zero-order chi connectivity index (χ0) is 11.7. The Morgan fingerprint density at radius 2 is 2.31 bits per heavy atom. The fourth-order valence-electron chi connectivity index (χ4n) is 1.77. The molecule has 5 heteroatoms. The highest BCUT2D eigenvalue weighted by Gasteiger charge is 2.30. The third-order valence-electron chi connectivity index (χ3n) is 2.62. The molecule has 1 fully saturated rings. The normalized spacial score (nSPS) is 19.9. The van der Waals surface area contributed by atoms with Gasteiger partial charge in [0.05, 0.1) is 17.3 Å². The van der Waals surface area contributed by atoms with E-state index in [0.29, 0.717) is 24.2 Å². The van der Waals surface area contributed by atoms with E-state index in [1.165, 1.54) is 0 Å². The number of benzene rings is 1. The van der Waals surface area contributed by atoms with Crippen LogP contribution in [0.2, 0.25) is 0 Å². The number of nitrogens with two attached hydrogens (primary N) is 1. The minimum atomic E-state index is -0.435. The van der Waals surface area contributed by atoms with E-state index in [-0.39, 0.29) is 5.91 Å². The van der Waals surface area contributed by atoms with E-state index >= 15 is 0 Å². The second kappa shape index (κ2) is 4.24. The van der Waals surface area contributed by atoms with Crippen molar-refractivity contribution in [2.45, 2.75) is 12.5 Å². The third-order valence-corrected chi connectivity index (χ3v) is 3.11. The highest BCUT2D eigenvalue weighted by Crippen LogP contribution is 2.27. The van der Waals surface area contributed by atoms with E-state index in [4.69, 9.17) is 11.0 Å². The summed E-state index contributed by atoms with van der Waals surface area (Å²) in [6, 6.07) is 6.93. The maximum Gasteiger partial charge on any atom is 0.244 e. The second-order valence-electron chi connectivity index (χ2n) is 3.66. The van der Waals surface area contributed by atoms with Crippen LogP contribution in [0.1, 0.15) is 12.0 Å². The quantitative estimate of drug-likeness (QED) is 0.845. The van der Waals surface area contributed by atoms with E-state index in [9.17, 15) is 4.79 Å². The molecule has 1 saturated heterocycles. The summed E-state index contributed by atoms with van der Waals surface area (Å²) < 4.78 is 0.823. The molecule has 0 radical (unpaired) electrons. The van der Waals surface area contributed by atoms with Crippen molar-refractivity contribution in [2.24, 2.45) is 5.73 Å². The number of hydrogen-bond donors (Lipinski definition) is 1. The fraction of sp³-hybridized carbons (Fsp3) is 0.273. The molecule has 4 nitrogen and oxygen atoms in total. The largest absolute Gasteiger partial charge is 0.320 e. The Bertz CT molecular complexity index is 481. The van der Waals surface area contributed by atoms with Crippen LogP contribution in [0.4, 0.5) is 5.69 Å². The highest BCUT2D eigenvalue weighted by atomic mass is 79.9. The van der Waals surface area contributed by atoms with Gasteiger partial charge in [-0.15, -0.1) is 0 Å². The number of hydrogen-bond acceptors (Lipinski definition) is 3. The number of nitriles is 1. The summed E-state index contributed by atoms with van der Waals surface area (Å²) in [5.74, 6) is -0.112. The summed E-state index contributed by atoms with van der Waals surface area (Å²) in [7, 11) is 0. The minimum absolute atomic E-state index is 0.112. The average Bonchev–Trinajstić information content (AvgIpc) is 2.60. The fourth-order valence-corrected chi connectivity index (χ4v) is 2.14. The lowest BCUT2D eigenvalue weighted by atomic mass is 10.2. The third kappa shape index (κ3) is 1.82. The summed E-state index contributed by atoms with van der Waals surface area (Å²) in [6.45, 7) is 0.580. The molecule has 1 heterocycles. The molecule has 1 aliphatic rings. The maximum absolute atomic E-state index is 11.7. The summed E-state index contributed by atoms with van der Waals surface area (Å²) in [6.07, 6.45) is 0.639. The summed E-state index contributed by atoms with van der Waals surface area (Å²) in [5, 5.41) is 9.02. The molecule has 0 saturated carbocycles. The number of nitrogens with zero attached hydrogens (tertiary/aromatic N) is 2. The Kier molecular flexibility index (Phi) is 2.95. The topological polar surface area (TPSA) is 70.1 Å². The maximum atomic E-state index is 11.7. The molecule has 0 bridgehead atoms. The van der Waals surface area contributed by atoms with Crippen molar-refractivity contribution < 1.29 is 4.79 Å². The van der Waals surface area contributed by atoms with Crippen molar-refractivity contribution in [3.8, 4) is 6.07 Å². The van der Waals surface area contributed by atoms with Crippen LogP contribution in [0, 0.1) is 11.3 Å². The molecular formula is C11H10BrN3O. The van der Waals surface area contributed by atoms with Crippen molar-refractivity contribution in [3.63, 3.8) is 0 Å². The molecule has 1 unspecified atom stereocenters. The van der Waals surface area contributed by atoms with E-state index in [1.807, 2.05) is 6.07 Å². The number of carbonyl (C=O) groups is 1. The molecule has 1 aromatic rings. The molecule has 16 heavy (non-hydrogen) atoms. The molecule has 0 spiro atoms. The van der Waals surface area contributed by atoms with Gasteiger partial charge < -0.3 is 10.6 Å². The van der Waals surface area contributed by atoms with Gasteiger partial charge in [-0.1, -0.05) is 15.9 Å². The molecule has 82 valence electrons. The number of amides is 1. The molecule has 1 aliphatic heterocycles. The zero-order valence-corrected chi connectivity index (χ0v) is 10.1. The Labute approximate surface area is 102 Å². The van der Waals surface area contributed by atoms with Crippen LogP contribution in [0.25, 0.3) is 0 Å². The smallest absolute Gasteiger partial charge is 0.244 e. The predicted molar refractivity (Wildman–Crippen MR) is 63.8 cm³/mol.